The average Bonchev–Trinajstić information content (AvgIpc) is 0.763. The third kappa shape index (κ3) is 26.0. The molecule has 36 N–H and O–H groups in total. The van der Waals surface area contributed by atoms with E-state index in [1.165, 1.54) is 6.92 Å². The Morgan fingerprint density at radius 3 is 1.05 bits per heavy atom. The lowest BCUT2D eigenvalue weighted by molar-refractivity contribution is -0.399. The highest BCUT2D eigenvalue weighted by Crippen LogP contribution is 2.43. The van der Waals surface area contributed by atoms with Gasteiger partial charge in [0, 0.05) is 41.0 Å². The Morgan fingerprint density at radius 1 is 0.303 bits per heavy atom. The van der Waals surface area contributed by atoms with Crippen LogP contribution in [0.15, 0.2) is 0 Å². The summed E-state index contributed by atoms with van der Waals surface area (Å²) in [4.78, 5) is 77.5. The summed E-state index contributed by atoms with van der Waals surface area (Å²) in [5.74, 6) is -10.0. The highest BCUT2D eigenvalue weighted by atomic mass is 16.8. The van der Waals surface area contributed by atoms with E-state index < -0.39 is 451 Å². The number of carboxylic acids is 1. The quantitative estimate of drug-likeness (QED) is 0.0273. The number of carbonyl (C=O) groups excluding carboxylic acids is 5. The van der Waals surface area contributed by atoms with Gasteiger partial charge in [-0.2, -0.15) is 0 Å². The van der Waals surface area contributed by atoms with Crippen molar-refractivity contribution < 1.29 is 287 Å². The van der Waals surface area contributed by atoms with Crippen LogP contribution in [0.3, 0.4) is 0 Å². The lowest BCUT2D eigenvalue weighted by Gasteiger charge is -2.51. The van der Waals surface area contributed by atoms with Gasteiger partial charge in [-0.05, 0) is 6.92 Å². The van der Waals surface area contributed by atoms with Gasteiger partial charge in [0.05, 0.1) is 84.3 Å². The number of hydrogen-bond donors (Lipinski definition) is 36. The van der Waals surface area contributed by atoms with Crippen LogP contribution in [-0.2, 0) is 128 Å². The van der Waals surface area contributed by atoms with Crippen molar-refractivity contribution in [3.05, 3.63) is 0 Å². The number of nitrogens with one attached hydrogen (secondary N) is 5. The third-order valence-corrected chi connectivity index (χ3v) is 25.9. The summed E-state index contributed by atoms with van der Waals surface area (Å²) in [6.45, 7) is -5.99. The summed E-state index contributed by atoms with van der Waals surface area (Å²) in [6, 6.07) is -9.70. The van der Waals surface area contributed by atoms with Gasteiger partial charge in [-0.3, -0.25) is 24.0 Å². The Bertz CT molecular complexity index is 4010. The smallest absolute Gasteiger partial charge is 0.364 e. The van der Waals surface area contributed by atoms with Crippen LogP contribution in [0.25, 0.3) is 0 Å². The number of ether oxygens (including phenoxy) is 21. The number of aliphatic hydroxyl groups excluding tert-OH is 30. The van der Waals surface area contributed by atoms with E-state index in [-0.39, 0.29) is 0 Å². The van der Waals surface area contributed by atoms with Crippen LogP contribution in [0, 0.1) is 0 Å². The largest absolute Gasteiger partial charge is 0.477 e. The lowest BCUT2D eigenvalue weighted by Crippen LogP contribution is -2.71. The summed E-state index contributed by atoms with van der Waals surface area (Å²) < 4.78 is 125. The summed E-state index contributed by atoms with van der Waals surface area (Å²) in [6.07, 6.45) is -110. The Hall–Kier alpha value is -5.22. The molecule has 63 nitrogen and oxygen atoms in total. The zero-order valence-electron chi connectivity index (χ0n) is 76.4. The molecule has 63 heteroatoms. The molecule has 11 fully saturated rings. The first-order valence-electron chi connectivity index (χ1n) is 45.1. The number of carboxylic acid groups (broad SMARTS) is 1. The fourth-order valence-corrected chi connectivity index (χ4v) is 18.3. The first-order valence-corrected chi connectivity index (χ1v) is 45.1. The molecule has 5 amide bonds. The molecule has 11 aliphatic rings. The van der Waals surface area contributed by atoms with Crippen LogP contribution >= 0.6 is 0 Å². The minimum absolute atomic E-state index is 0.848. The van der Waals surface area contributed by atoms with Crippen molar-refractivity contribution in [2.75, 3.05) is 66.1 Å². The molecule has 0 aromatic rings. The highest BCUT2D eigenvalue weighted by molar-refractivity contribution is 5.77. The minimum Gasteiger partial charge on any atom is -0.477 e. The molecule has 0 bridgehead atoms. The second-order valence-electron chi connectivity index (χ2n) is 36.0. The molecule has 11 saturated heterocycles. The molecule has 0 radical (unpaired) electrons. The molecule has 820 valence electrons. The zero-order chi connectivity index (χ0) is 105. The van der Waals surface area contributed by atoms with Gasteiger partial charge >= 0.3 is 5.97 Å². The maximum absolute atomic E-state index is 13.4. The van der Waals surface area contributed by atoms with Crippen LogP contribution in [-0.4, -0.2) is 603 Å². The summed E-state index contributed by atoms with van der Waals surface area (Å²) in [5.41, 5.74) is 0. The number of rotatable bonds is 38. The van der Waals surface area contributed by atoms with Crippen molar-refractivity contribution in [2.24, 2.45) is 0 Å². The lowest BCUT2D eigenvalue weighted by atomic mass is 9.88. The molecular formula is C79H131N5O58. The number of aliphatic hydroxyl groups is 30. The topological polar surface area (TPSA) is 984 Å². The Morgan fingerprint density at radius 2 is 0.620 bits per heavy atom. The van der Waals surface area contributed by atoms with E-state index in [0.29, 0.717) is 0 Å². The standard InChI is InChI=1S/C79H131N5O58/c1-18-40(99)51(110)56(115)72(125-18)122-16-34-63(47(106)36(68(119)126-34)81-20(3)93)135-69-37(82-21(4)94)48(107)62(31(14-91)130-69)138-75-59(118)65(46(105)32(133-75)15-123-76-66(54(113)43(102)27(10-87)128-76)140-70-38(83-22(5)95)49(108)60(29(12-89)131-70)136-73-57(116)52(111)42(101)26(9-86)127-73)139-77-67(55(114)44(103)28(11-88)129-77)141-71-39(84-23(6)96)50(109)61(30(13-90)132-71)137-74-58(117)53(112)45(104)33(134-74)17-124-79(78(120)121)7-24(97)35(80-19(2)92)64(142-79)41(100)25(98)8-85/h18,24-77,85-91,97-119H,7-17H2,1-6H3,(H,80,92)(H,81,93)(H,82,94)(H,83,95)(H,84,96)(H,120,121)/t18-,24-,25+,26+,27+,28+,29+,30+,31+,32+,33+,34+,35+,36+,37+,38+,39-,40+,41+,42-,43+,44+,45-,46+,47+,48+,49+,50+,51+,52-,53-,54-,55-,56-,57+,58+,59-,60+,61+,62+,63+,64+,65-,66-,67-,68+,69-,70-,71-,72+,73+,74-,75-,76-,77+,79+/m0/s1. The Balaban J connectivity index is 0.908. The van der Waals surface area contributed by atoms with Crippen LogP contribution in [0.2, 0.25) is 0 Å². The second-order valence-corrected chi connectivity index (χ2v) is 36.0. The monoisotopic (exact) mass is 2080 g/mol. The number of carbonyl (C=O) groups is 6. The van der Waals surface area contributed by atoms with E-state index in [1.54, 1.807) is 0 Å². The zero-order valence-corrected chi connectivity index (χ0v) is 76.4. The van der Waals surface area contributed by atoms with E-state index in [4.69, 9.17) is 99.5 Å². The maximum atomic E-state index is 13.4. The van der Waals surface area contributed by atoms with Crippen molar-refractivity contribution in [1.82, 2.24) is 26.6 Å². The number of amides is 5. The van der Waals surface area contributed by atoms with E-state index in [2.05, 4.69) is 26.6 Å². The van der Waals surface area contributed by atoms with Crippen molar-refractivity contribution >= 4 is 35.5 Å². The van der Waals surface area contributed by atoms with Gasteiger partial charge in [0.1, 0.15) is 256 Å². The van der Waals surface area contributed by atoms with E-state index in [0.717, 1.165) is 34.6 Å². The van der Waals surface area contributed by atoms with Gasteiger partial charge in [0.15, 0.2) is 62.9 Å². The molecule has 0 spiro atoms. The number of hydrogen-bond acceptors (Lipinski definition) is 57. The third-order valence-electron chi connectivity index (χ3n) is 25.9. The van der Waals surface area contributed by atoms with E-state index in [1.807, 2.05) is 0 Å². The second kappa shape index (κ2) is 50.6. The molecule has 0 unspecified atom stereocenters. The Labute approximate surface area is 803 Å². The van der Waals surface area contributed by atoms with Gasteiger partial charge < -0.3 is 284 Å². The van der Waals surface area contributed by atoms with Gasteiger partial charge in [-0.15, -0.1) is 0 Å². The Kier molecular flexibility index (Phi) is 41.7. The van der Waals surface area contributed by atoms with E-state index >= 15 is 0 Å². The molecular weight excluding hydrogens is 1950 g/mol. The molecule has 0 aliphatic carbocycles. The van der Waals surface area contributed by atoms with Gasteiger partial charge in [0.25, 0.3) is 5.79 Å². The van der Waals surface area contributed by atoms with Crippen LogP contribution in [0.4, 0.5) is 0 Å². The molecule has 11 rings (SSSR count). The van der Waals surface area contributed by atoms with Crippen LogP contribution < -0.4 is 26.6 Å². The summed E-state index contributed by atoms with van der Waals surface area (Å²) in [5, 5.41) is 360. The van der Waals surface area contributed by atoms with Crippen molar-refractivity contribution in [1.29, 1.82) is 0 Å². The molecule has 11 heterocycles. The SMILES string of the molecule is CC(=O)N[C@@H]1[C@H](O[C@@H]2[C@@H](O[C@@H]3[C@H](O)[C@H](O[C@H]4[C@H](O)[C@@H](NC(C)=O)[C@H](O[C@H]5[C@H](O)[C@@H](NC(C)=O)[C@H](O)O[C@@H]5CO[C@@H]5O[C@@H](C)[C@@H](O)[C@@H](O)[C@@H]5O)O[C@@H]4CO)O[C@H](CO[C@H]4O[C@H](CO)[C@@H](O)[C@H](O)[C@@H]4O[C@@H]4O[C@H](CO)[C@@H](O[C@H]5O[C@H](CO)[C@H](O)[C@H](O)[C@H]5O)[C@H](O)[C@H]4NC(C)=O)[C@H]3O)O[C@H](CO)[C@@H](O)[C@@H]2O)O[C@H](CO)[C@@H](O[C@@H]2O[C@H](CO[C@]3(C(=O)O)C[C@H](O)[C@@H](NC(C)=O)[C@H]([C@H](O)[C@H](O)CO)O3)[C@H](O)[C@H](O)[C@H]2O)[C@@H]1O. The molecule has 56 atom stereocenters. The molecule has 0 aromatic heterocycles. The molecule has 142 heavy (non-hydrogen) atoms. The van der Waals surface area contributed by atoms with E-state index in [9.17, 15) is 187 Å². The molecule has 0 saturated carbocycles. The molecule has 0 aromatic carbocycles. The fourth-order valence-electron chi connectivity index (χ4n) is 18.3. The predicted molar refractivity (Wildman–Crippen MR) is 436 cm³/mol. The first kappa shape index (κ1) is 117. The summed E-state index contributed by atoms with van der Waals surface area (Å²) in [7, 11) is 0. The summed E-state index contributed by atoms with van der Waals surface area (Å²) >= 11 is 0. The van der Waals surface area contributed by atoms with Crippen LogP contribution in [0.1, 0.15) is 48.0 Å². The predicted octanol–water partition coefficient (Wildman–Crippen LogP) is -24.0. The van der Waals surface area contributed by atoms with Crippen molar-refractivity contribution in [3.63, 3.8) is 0 Å². The van der Waals surface area contributed by atoms with Gasteiger partial charge in [-0.25, -0.2) is 4.79 Å². The highest BCUT2D eigenvalue weighted by Gasteiger charge is 2.64. The van der Waals surface area contributed by atoms with Crippen molar-refractivity contribution in [2.45, 2.75) is 391 Å². The van der Waals surface area contributed by atoms with Gasteiger partial charge in [-0.1, -0.05) is 0 Å². The maximum Gasteiger partial charge on any atom is 0.364 e. The fraction of sp³-hybridized carbons (Fsp3) is 0.924. The normalized spacial score (nSPS) is 48.0. The van der Waals surface area contributed by atoms with Crippen LogP contribution in [0.5, 0.6) is 0 Å². The molecule has 11 aliphatic heterocycles. The number of aliphatic carboxylic acids is 1. The minimum atomic E-state index is -3.12. The average molecular weight is 2080 g/mol. The first-order chi connectivity index (χ1) is 66.9. The van der Waals surface area contributed by atoms with Crippen molar-refractivity contribution in [3.8, 4) is 0 Å². The van der Waals surface area contributed by atoms with Gasteiger partial charge in [0.2, 0.25) is 29.5 Å².